The van der Waals surface area contributed by atoms with Gasteiger partial charge in [0.05, 0.1) is 34.8 Å². The summed E-state index contributed by atoms with van der Waals surface area (Å²) in [5.41, 5.74) is 10.2. The smallest absolute Gasteiger partial charge is 0.324 e. The van der Waals surface area contributed by atoms with Gasteiger partial charge in [-0.1, -0.05) is 26.8 Å². The third-order valence-electron chi connectivity index (χ3n) is 12.9. The molecular weight excluding hydrogens is 753 g/mol. The van der Waals surface area contributed by atoms with Crippen molar-refractivity contribution in [1.29, 1.82) is 0 Å². The van der Waals surface area contributed by atoms with E-state index in [2.05, 4.69) is 96.6 Å². The fourth-order valence-electron chi connectivity index (χ4n) is 9.18. The van der Waals surface area contributed by atoms with E-state index in [1.54, 1.807) is 7.11 Å². The van der Waals surface area contributed by atoms with E-state index >= 15 is 0 Å². The standard InChI is InChI=1S/C44H60N8O5S/c1-8-51-37-12-11-28-19-31(37)33(40(51)32-20-29(23-45-39(32)27(3)56-7)50-16-14-49(6)15-17-50)22-44(4,5)25-57-43(55)34-10-9-13-52(48-34)42(54)35(21-38-46-36(28)24-58-38)47-41(53)30-18-26(30)2/h11-12,19,23-24,26-27,29-30,34-35,48H,8-10,13-18,20-22,25H2,1-7H3,(H,47,53)/t26-,27-,29?,30-,34-,35-/m0/s1. The van der Waals surface area contributed by atoms with Gasteiger partial charge < -0.3 is 24.3 Å². The second kappa shape index (κ2) is 16.6. The molecule has 1 aliphatic carbocycles. The number of rotatable bonds is 7. The number of aryl methyl sites for hydroxylation is 1. The van der Waals surface area contributed by atoms with Crippen molar-refractivity contribution in [2.45, 2.75) is 104 Å². The van der Waals surface area contributed by atoms with Crippen LogP contribution in [0.5, 0.6) is 0 Å². The number of likely N-dealkylation sites (N-methyl/N-ethyl adjacent to an activating group) is 1. The lowest BCUT2D eigenvalue weighted by Gasteiger charge is -2.38. The highest BCUT2D eigenvalue weighted by molar-refractivity contribution is 7.10. The lowest BCUT2D eigenvalue weighted by molar-refractivity contribution is -0.155. The monoisotopic (exact) mass is 812 g/mol. The first kappa shape index (κ1) is 40.8. The van der Waals surface area contributed by atoms with E-state index in [1.807, 2.05) is 0 Å². The molecule has 2 saturated heterocycles. The van der Waals surface area contributed by atoms with Gasteiger partial charge >= 0.3 is 5.97 Å². The SMILES string of the molecule is CCn1c(C2=C([C@H](C)OC)N=CC(N3CCN(C)CC3)C2)c2c3cc(ccc31)-c1csc(n1)C[C@H](NC(=O)[C@H]1C[C@@H]1C)C(=O)N1CCC[C@H](N1)C(=O)OCC(C)(C)C2. The average Bonchev–Trinajstić information content (AvgIpc) is 3.65. The minimum absolute atomic E-state index is 0.0861. The van der Waals surface area contributed by atoms with Crippen LogP contribution in [-0.2, 0) is 43.2 Å². The molecule has 3 fully saturated rings. The number of thiazole rings is 1. The van der Waals surface area contributed by atoms with E-state index in [-0.39, 0.29) is 48.9 Å². The summed E-state index contributed by atoms with van der Waals surface area (Å²) in [6.45, 7) is 16.1. The summed E-state index contributed by atoms with van der Waals surface area (Å²) < 4.78 is 14.6. The summed E-state index contributed by atoms with van der Waals surface area (Å²) in [5, 5.41) is 8.52. The topological polar surface area (TPSA) is 134 Å². The van der Waals surface area contributed by atoms with Crippen LogP contribution < -0.4 is 10.7 Å². The maximum atomic E-state index is 14.1. The van der Waals surface area contributed by atoms with Crippen molar-refractivity contribution >= 4 is 51.8 Å². The fraction of sp³-hybridized carbons (Fsp3) is 0.614. The third kappa shape index (κ3) is 8.27. The van der Waals surface area contributed by atoms with Gasteiger partial charge in [0, 0.05) is 104 Å². The molecule has 6 atom stereocenters. The molecule has 2 aromatic heterocycles. The lowest BCUT2D eigenvalue weighted by Crippen LogP contribution is -2.60. The quantitative estimate of drug-likeness (QED) is 0.319. The highest BCUT2D eigenvalue weighted by Gasteiger charge is 2.42. The average molecular weight is 813 g/mol. The third-order valence-corrected chi connectivity index (χ3v) is 13.8. The second-order valence-electron chi connectivity index (χ2n) is 17.9. The minimum Gasteiger partial charge on any atom is -0.464 e. The molecule has 0 spiro atoms. The summed E-state index contributed by atoms with van der Waals surface area (Å²) in [7, 11) is 3.93. The normalized spacial score (nSPS) is 27.7. The molecule has 3 aromatic rings. The highest BCUT2D eigenvalue weighted by Crippen LogP contribution is 2.43. The van der Waals surface area contributed by atoms with Crippen LogP contribution in [0.25, 0.3) is 27.7 Å². The van der Waals surface area contributed by atoms with Crippen molar-refractivity contribution in [2.75, 3.05) is 53.5 Å². The van der Waals surface area contributed by atoms with Crippen LogP contribution in [0.1, 0.15) is 76.6 Å². The number of nitrogens with one attached hydrogen (secondary N) is 2. The number of methoxy groups -OCH3 is 1. The molecule has 6 bridgehead atoms. The van der Waals surface area contributed by atoms with Crippen molar-refractivity contribution in [1.82, 2.24) is 35.1 Å². The van der Waals surface area contributed by atoms with Gasteiger partial charge in [-0.25, -0.2) is 10.4 Å². The van der Waals surface area contributed by atoms with Gasteiger partial charge in [0.2, 0.25) is 5.91 Å². The molecule has 13 nitrogen and oxygen atoms in total. The number of hydrogen-bond acceptors (Lipinski definition) is 11. The molecule has 14 heteroatoms. The van der Waals surface area contributed by atoms with E-state index in [9.17, 15) is 14.4 Å². The van der Waals surface area contributed by atoms with E-state index in [4.69, 9.17) is 19.5 Å². The molecular formula is C44H60N8O5S. The Morgan fingerprint density at radius 2 is 1.93 bits per heavy atom. The molecule has 0 radical (unpaired) electrons. The fourth-order valence-corrected chi connectivity index (χ4v) is 10.0. The number of nitrogens with zero attached hydrogens (tertiary/aromatic N) is 6. The number of ether oxygens (including phenoxy) is 2. The molecule has 312 valence electrons. The van der Waals surface area contributed by atoms with Crippen LogP contribution in [-0.4, -0.2) is 126 Å². The van der Waals surface area contributed by atoms with E-state index in [0.29, 0.717) is 31.7 Å². The first-order valence-corrected chi connectivity index (χ1v) is 22.1. The Balaban J connectivity index is 1.24. The largest absolute Gasteiger partial charge is 0.464 e. The number of hydrogen-bond donors (Lipinski definition) is 2. The zero-order valence-corrected chi connectivity index (χ0v) is 36.0. The van der Waals surface area contributed by atoms with Gasteiger partial charge in [-0.05, 0) is 76.6 Å². The Hall–Kier alpha value is -3.95. The zero-order valence-electron chi connectivity index (χ0n) is 35.2. The molecule has 6 heterocycles. The van der Waals surface area contributed by atoms with E-state index in [1.165, 1.54) is 33.2 Å². The minimum atomic E-state index is -0.820. The maximum absolute atomic E-state index is 14.1. The summed E-state index contributed by atoms with van der Waals surface area (Å²) in [4.78, 5) is 56.4. The van der Waals surface area contributed by atoms with Crippen LogP contribution in [0, 0.1) is 17.3 Å². The molecule has 1 unspecified atom stereocenters. The first-order chi connectivity index (χ1) is 27.8. The molecule has 8 rings (SSSR count). The molecule has 1 saturated carbocycles. The van der Waals surface area contributed by atoms with Crippen molar-refractivity contribution < 1.29 is 23.9 Å². The number of amides is 2. The summed E-state index contributed by atoms with van der Waals surface area (Å²) in [6.07, 6.45) is 5.65. The van der Waals surface area contributed by atoms with Crippen LogP contribution in [0.15, 0.2) is 34.3 Å². The summed E-state index contributed by atoms with van der Waals surface area (Å²) >= 11 is 1.50. The Kier molecular flexibility index (Phi) is 11.7. The van der Waals surface area contributed by atoms with E-state index in [0.717, 1.165) is 78.4 Å². The number of carbonyl (C=O) groups is 3. The molecule has 58 heavy (non-hydrogen) atoms. The summed E-state index contributed by atoms with van der Waals surface area (Å²) in [5.74, 6) is -0.536. The number of aliphatic imine (C=N–C) groups is 1. The van der Waals surface area contributed by atoms with Crippen LogP contribution in [0.2, 0.25) is 0 Å². The number of hydrazine groups is 1. The predicted octanol–water partition coefficient (Wildman–Crippen LogP) is 4.93. The Labute approximate surface area is 346 Å². The number of piperazine rings is 1. The van der Waals surface area contributed by atoms with Gasteiger partial charge in [0.15, 0.2) is 0 Å². The number of esters is 1. The van der Waals surface area contributed by atoms with Gasteiger partial charge in [0.25, 0.3) is 5.91 Å². The zero-order chi connectivity index (χ0) is 40.9. The number of cyclic esters (lactones) is 1. The molecule has 5 aliphatic rings. The molecule has 1 aromatic carbocycles. The number of aromatic nitrogens is 2. The number of fused-ring (bicyclic) bond motifs is 6. The van der Waals surface area contributed by atoms with Gasteiger partial charge in [-0.15, -0.1) is 11.3 Å². The van der Waals surface area contributed by atoms with Gasteiger partial charge in [-0.3, -0.25) is 29.3 Å². The Morgan fingerprint density at radius 1 is 1.16 bits per heavy atom. The molecule has 2 N–H and O–H groups in total. The van der Waals surface area contributed by atoms with Gasteiger partial charge in [-0.2, -0.15) is 0 Å². The van der Waals surface area contributed by atoms with Crippen molar-refractivity contribution in [3.8, 4) is 11.3 Å². The van der Waals surface area contributed by atoms with Crippen LogP contribution in [0.4, 0.5) is 0 Å². The maximum Gasteiger partial charge on any atom is 0.324 e. The van der Waals surface area contributed by atoms with Gasteiger partial charge in [0.1, 0.15) is 12.1 Å². The predicted molar refractivity (Wildman–Crippen MR) is 227 cm³/mol. The van der Waals surface area contributed by atoms with Crippen molar-refractivity contribution in [2.24, 2.45) is 22.2 Å². The molecule has 4 aliphatic heterocycles. The van der Waals surface area contributed by atoms with Crippen molar-refractivity contribution in [3.63, 3.8) is 0 Å². The Bertz CT molecular complexity index is 2110. The van der Waals surface area contributed by atoms with Crippen LogP contribution >= 0.6 is 11.3 Å². The Morgan fingerprint density at radius 3 is 2.66 bits per heavy atom. The number of carbonyl (C=O) groups excluding carboxylic acids is 3. The first-order valence-electron chi connectivity index (χ1n) is 21.2. The highest BCUT2D eigenvalue weighted by atomic mass is 32.1. The van der Waals surface area contributed by atoms with Crippen LogP contribution in [0.3, 0.4) is 0 Å². The van der Waals surface area contributed by atoms with E-state index < -0.39 is 17.5 Å². The number of benzene rings is 1. The summed E-state index contributed by atoms with van der Waals surface area (Å²) in [6, 6.07) is 5.28. The lowest BCUT2D eigenvalue weighted by atomic mass is 9.83. The van der Waals surface area contributed by atoms with Crippen molar-refractivity contribution in [3.05, 3.63) is 45.5 Å². The second-order valence-corrected chi connectivity index (χ2v) is 18.9. The molecule has 2 amide bonds.